The van der Waals surface area contributed by atoms with Crippen molar-refractivity contribution in [1.29, 1.82) is 0 Å². The first-order valence-electron chi connectivity index (χ1n) is 7.12. The van der Waals surface area contributed by atoms with E-state index < -0.39 is 0 Å². The normalized spacial score (nSPS) is 11.7. The summed E-state index contributed by atoms with van der Waals surface area (Å²) >= 11 is 7.97. The monoisotopic (exact) mass is 322 g/mol. The molecule has 1 heterocycles. The molecular formula is C17H23ClN2S. The van der Waals surface area contributed by atoms with Crippen LogP contribution in [0.3, 0.4) is 0 Å². The summed E-state index contributed by atoms with van der Waals surface area (Å²) in [6, 6.07) is 10.4. The van der Waals surface area contributed by atoms with Crippen molar-refractivity contribution in [2.24, 2.45) is 0 Å². The Morgan fingerprint density at radius 2 is 2.00 bits per heavy atom. The van der Waals surface area contributed by atoms with Crippen LogP contribution in [0, 0.1) is 0 Å². The maximum absolute atomic E-state index is 6.19. The van der Waals surface area contributed by atoms with E-state index in [0.717, 1.165) is 18.1 Å². The smallest absolute Gasteiger partial charge is 0.0519 e. The highest BCUT2D eigenvalue weighted by Gasteiger charge is 2.13. The summed E-state index contributed by atoms with van der Waals surface area (Å²) in [4.78, 5) is 3.62. The van der Waals surface area contributed by atoms with Crippen molar-refractivity contribution in [3.8, 4) is 0 Å². The van der Waals surface area contributed by atoms with Gasteiger partial charge in [-0.2, -0.15) is 0 Å². The molecule has 0 fully saturated rings. The minimum atomic E-state index is 0.100. The molecule has 2 nitrogen and oxygen atoms in total. The van der Waals surface area contributed by atoms with E-state index in [1.807, 2.05) is 6.07 Å². The molecule has 0 aliphatic rings. The molecule has 0 saturated carbocycles. The molecule has 114 valence electrons. The van der Waals surface area contributed by atoms with Crippen LogP contribution in [0.15, 0.2) is 35.7 Å². The number of nitrogens with one attached hydrogen (secondary N) is 1. The Bertz CT molecular complexity index is 573. The number of halogens is 1. The van der Waals surface area contributed by atoms with Gasteiger partial charge in [0.15, 0.2) is 0 Å². The highest BCUT2D eigenvalue weighted by Crippen LogP contribution is 2.26. The molecule has 1 aromatic heterocycles. The van der Waals surface area contributed by atoms with E-state index in [0.29, 0.717) is 0 Å². The summed E-state index contributed by atoms with van der Waals surface area (Å²) in [5.74, 6) is 0. The SMILES string of the molecule is CN(Cc1cccs1)c1cc(Cl)ccc1CNC(C)(C)C. The number of hydrogen-bond acceptors (Lipinski definition) is 3. The van der Waals surface area contributed by atoms with E-state index in [9.17, 15) is 0 Å². The average molecular weight is 323 g/mol. The maximum Gasteiger partial charge on any atom is 0.0519 e. The van der Waals surface area contributed by atoms with Crippen LogP contribution >= 0.6 is 22.9 Å². The van der Waals surface area contributed by atoms with E-state index in [1.165, 1.54) is 16.1 Å². The first kappa shape index (κ1) is 16.3. The van der Waals surface area contributed by atoms with Crippen LogP contribution in [-0.2, 0) is 13.1 Å². The van der Waals surface area contributed by atoms with Gasteiger partial charge >= 0.3 is 0 Å². The Labute approximate surface area is 136 Å². The minimum absolute atomic E-state index is 0.100. The Morgan fingerprint density at radius 3 is 2.62 bits per heavy atom. The Balaban J connectivity index is 2.18. The third kappa shape index (κ3) is 5.03. The quantitative estimate of drug-likeness (QED) is 0.840. The summed E-state index contributed by atoms with van der Waals surface area (Å²) < 4.78 is 0. The molecule has 2 rings (SSSR count). The molecule has 0 bridgehead atoms. The van der Waals surface area contributed by atoms with Crippen LogP contribution in [0.25, 0.3) is 0 Å². The van der Waals surface area contributed by atoms with Crippen molar-refractivity contribution in [3.05, 3.63) is 51.2 Å². The fourth-order valence-electron chi connectivity index (χ4n) is 2.12. The van der Waals surface area contributed by atoms with E-state index in [-0.39, 0.29) is 5.54 Å². The van der Waals surface area contributed by atoms with Gasteiger partial charge in [0.2, 0.25) is 0 Å². The van der Waals surface area contributed by atoms with Crippen LogP contribution in [0.1, 0.15) is 31.2 Å². The predicted octanol–water partition coefficient (Wildman–Crippen LogP) is 4.93. The zero-order valence-corrected chi connectivity index (χ0v) is 14.7. The standard InChI is InChI=1S/C17H23ClN2S/c1-17(2,3)19-11-13-7-8-14(18)10-16(13)20(4)12-15-6-5-9-21-15/h5-10,19H,11-12H2,1-4H3. The third-order valence-electron chi connectivity index (χ3n) is 3.24. The lowest BCUT2D eigenvalue weighted by Crippen LogP contribution is -2.35. The van der Waals surface area contributed by atoms with Crippen LogP contribution in [-0.4, -0.2) is 12.6 Å². The largest absolute Gasteiger partial charge is 0.369 e. The molecule has 4 heteroatoms. The molecule has 0 atom stereocenters. The number of anilines is 1. The van der Waals surface area contributed by atoms with Crippen molar-refractivity contribution in [1.82, 2.24) is 5.32 Å². The van der Waals surface area contributed by atoms with Crippen LogP contribution in [0.5, 0.6) is 0 Å². The van der Waals surface area contributed by atoms with Gasteiger partial charge in [-0.1, -0.05) is 23.7 Å². The maximum atomic E-state index is 6.19. The van der Waals surface area contributed by atoms with Crippen molar-refractivity contribution in [2.45, 2.75) is 39.4 Å². The number of nitrogens with zero attached hydrogens (tertiary/aromatic N) is 1. The topological polar surface area (TPSA) is 15.3 Å². The summed E-state index contributed by atoms with van der Waals surface area (Å²) in [5.41, 5.74) is 2.56. The molecule has 21 heavy (non-hydrogen) atoms. The van der Waals surface area contributed by atoms with Crippen LogP contribution < -0.4 is 10.2 Å². The molecule has 0 spiro atoms. The number of benzene rings is 1. The molecule has 1 aromatic carbocycles. The second-order valence-electron chi connectivity index (χ2n) is 6.31. The van der Waals surface area contributed by atoms with E-state index in [2.05, 4.69) is 67.7 Å². The van der Waals surface area contributed by atoms with Gasteiger partial charge in [0, 0.05) is 34.7 Å². The summed E-state index contributed by atoms with van der Waals surface area (Å²) in [5, 5.41) is 6.44. The lowest BCUT2D eigenvalue weighted by molar-refractivity contribution is 0.424. The van der Waals surface area contributed by atoms with E-state index in [4.69, 9.17) is 11.6 Å². The fraction of sp³-hybridized carbons (Fsp3) is 0.412. The minimum Gasteiger partial charge on any atom is -0.369 e. The van der Waals surface area contributed by atoms with E-state index >= 15 is 0 Å². The van der Waals surface area contributed by atoms with E-state index in [1.54, 1.807) is 11.3 Å². The van der Waals surface area contributed by atoms with Gasteiger partial charge in [-0.3, -0.25) is 0 Å². The summed E-state index contributed by atoms with van der Waals surface area (Å²) in [6.07, 6.45) is 0. The first-order valence-corrected chi connectivity index (χ1v) is 8.38. The molecule has 0 aliphatic heterocycles. The summed E-state index contributed by atoms with van der Waals surface area (Å²) in [7, 11) is 2.12. The van der Waals surface area contributed by atoms with Gasteiger partial charge < -0.3 is 10.2 Å². The Kier molecular flexibility index (Phi) is 5.31. The highest BCUT2D eigenvalue weighted by atomic mass is 35.5. The van der Waals surface area contributed by atoms with Gasteiger partial charge in [-0.25, -0.2) is 0 Å². The van der Waals surface area contributed by atoms with Crippen LogP contribution in [0.2, 0.25) is 5.02 Å². The van der Waals surface area contributed by atoms with Crippen molar-refractivity contribution in [3.63, 3.8) is 0 Å². The molecule has 1 N–H and O–H groups in total. The van der Waals surface area contributed by atoms with Gasteiger partial charge in [0.1, 0.15) is 0 Å². The lowest BCUT2D eigenvalue weighted by Gasteiger charge is -2.25. The average Bonchev–Trinajstić information content (AvgIpc) is 2.89. The fourth-order valence-corrected chi connectivity index (χ4v) is 3.05. The molecule has 0 amide bonds. The molecule has 0 radical (unpaired) electrons. The predicted molar refractivity (Wildman–Crippen MR) is 94.5 cm³/mol. The third-order valence-corrected chi connectivity index (χ3v) is 4.34. The molecule has 0 unspecified atom stereocenters. The molecule has 2 aromatic rings. The molecular weight excluding hydrogens is 300 g/mol. The molecule has 0 saturated heterocycles. The Morgan fingerprint density at radius 1 is 1.24 bits per heavy atom. The number of rotatable bonds is 5. The second-order valence-corrected chi connectivity index (χ2v) is 7.78. The zero-order chi connectivity index (χ0) is 15.5. The van der Waals surface area contributed by atoms with Crippen molar-refractivity contribution < 1.29 is 0 Å². The Hall–Kier alpha value is -1.03. The number of thiophene rings is 1. The van der Waals surface area contributed by atoms with Crippen molar-refractivity contribution >= 4 is 28.6 Å². The van der Waals surface area contributed by atoms with Crippen molar-refractivity contribution in [2.75, 3.05) is 11.9 Å². The van der Waals surface area contributed by atoms with Gasteiger partial charge in [0.05, 0.1) is 6.54 Å². The summed E-state index contributed by atoms with van der Waals surface area (Å²) in [6.45, 7) is 8.28. The molecule has 0 aliphatic carbocycles. The van der Waals surface area contributed by atoms with Crippen LogP contribution in [0.4, 0.5) is 5.69 Å². The number of hydrogen-bond donors (Lipinski definition) is 1. The second kappa shape index (κ2) is 6.82. The zero-order valence-electron chi connectivity index (χ0n) is 13.1. The van der Waals surface area contributed by atoms with Gasteiger partial charge in [0.25, 0.3) is 0 Å². The van der Waals surface area contributed by atoms with Gasteiger partial charge in [-0.05, 0) is 49.9 Å². The first-order chi connectivity index (χ1) is 9.85. The van der Waals surface area contributed by atoms with Gasteiger partial charge in [-0.15, -0.1) is 11.3 Å². The lowest BCUT2D eigenvalue weighted by atomic mass is 10.1. The highest BCUT2D eigenvalue weighted by molar-refractivity contribution is 7.09.